The fourth-order valence-corrected chi connectivity index (χ4v) is 2.39. The minimum Gasteiger partial charge on any atom is -0.395 e. The van der Waals surface area contributed by atoms with Gasteiger partial charge in [-0.15, -0.1) is 0 Å². The van der Waals surface area contributed by atoms with Crippen LogP contribution in [0.25, 0.3) is 0 Å². The standard InChI is InChI=1S/C17H17BrN2O3/c18-13-6-7-15(20-16(22)11-19-8-9-21)14(10-13)17(23)12-4-2-1-3-5-12/h1-7,10,19,21H,8-9,11H2,(H,20,22). The number of halogens is 1. The second-order valence-electron chi connectivity index (χ2n) is 4.83. The van der Waals surface area contributed by atoms with Crippen molar-refractivity contribution in [3.8, 4) is 0 Å². The Morgan fingerprint density at radius 1 is 1.09 bits per heavy atom. The monoisotopic (exact) mass is 376 g/mol. The van der Waals surface area contributed by atoms with Crippen LogP contribution in [0, 0.1) is 0 Å². The van der Waals surface area contributed by atoms with Gasteiger partial charge in [-0.2, -0.15) is 0 Å². The number of aliphatic hydroxyl groups is 1. The van der Waals surface area contributed by atoms with E-state index >= 15 is 0 Å². The van der Waals surface area contributed by atoms with E-state index in [1.807, 2.05) is 6.07 Å². The van der Waals surface area contributed by atoms with Crippen LogP contribution in [0.4, 0.5) is 5.69 Å². The summed E-state index contributed by atoms with van der Waals surface area (Å²) >= 11 is 3.35. The van der Waals surface area contributed by atoms with Gasteiger partial charge in [0.15, 0.2) is 5.78 Å². The molecule has 0 atom stereocenters. The van der Waals surface area contributed by atoms with Gasteiger partial charge in [0.1, 0.15) is 0 Å². The number of carbonyl (C=O) groups is 2. The predicted octanol–water partition coefficient (Wildman–Crippen LogP) is 2.20. The van der Waals surface area contributed by atoms with Crippen LogP contribution < -0.4 is 10.6 Å². The number of hydrogen-bond donors (Lipinski definition) is 3. The maximum Gasteiger partial charge on any atom is 0.238 e. The lowest BCUT2D eigenvalue weighted by atomic mass is 10.0. The van der Waals surface area contributed by atoms with Gasteiger partial charge in [0.25, 0.3) is 0 Å². The van der Waals surface area contributed by atoms with E-state index in [1.54, 1.807) is 42.5 Å². The maximum atomic E-state index is 12.6. The molecule has 1 amide bonds. The maximum absolute atomic E-state index is 12.6. The zero-order chi connectivity index (χ0) is 16.7. The molecule has 0 aliphatic rings. The summed E-state index contributed by atoms with van der Waals surface area (Å²) in [6, 6.07) is 14.0. The van der Waals surface area contributed by atoms with Crippen LogP contribution in [0.3, 0.4) is 0 Å². The molecule has 120 valence electrons. The second-order valence-corrected chi connectivity index (χ2v) is 5.75. The Kier molecular flexibility index (Phi) is 6.46. The minimum atomic E-state index is -0.275. The Labute approximate surface area is 142 Å². The second kappa shape index (κ2) is 8.57. The van der Waals surface area contributed by atoms with Crippen molar-refractivity contribution in [3.63, 3.8) is 0 Å². The number of rotatable bonds is 7. The van der Waals surface area contributed by atoms with Crippen LogP contribution in [0.15, 0.2) is 53.0 Å². The van der Waals surface area contributed by atoms with Crippen molar-refractivity contribution in [1.82, 2.24) is 5.32 Å². The molecule has 0 aliphatic carbocycles. The first-order chi connectivity index (χ1) is 11.1. The lowest BCUT2D eigenvalue weighted by Gasteiger charge is -2.11. The Balaban J connectivity index is 2.21. The average molecular weight is 377 g/mol. The van der Waals surface area contributed by atoms with Gasteiger partial charge >= 0.3 is 0 Å². The molecule has 0 fully saturated rings. The molecule has 23 heavy (non-hydrogen) atoms. The summed E-state index contributed by atoms with van der Waals surface area (Å²) < 4.78 is 0.758. The Bertz CT molecular complexity index is 689. The van der Waals surface area contributed by atoms with Crippen molar-refractivity contribution in [2.75, 3.05) is 25.0 Å². The minimum absolute atomic E-state index is 0.0384. The zero-order valence-electron chi connectivity index (χ0n) is 12.4. The highest BCUT2D eigenvalue weighted by Crippen LogP contribution is 2.24. The number of hydrogen-bond acceptors (Lipinski definition) is 4. The van der Waals surface area contributed by atoms with Crippen molar-refractivity contribution in [1.29, 1.82) is 0 Å². The molecule has 0 radical (unpaired) electrons. The van der Waals surface area contributed by atoms with Gasteiger partial charge in [-0.1, -0.05) is 46.3 Å². The molecule has 5 nitrogen and oxygen atoms in total. The van der Waals surface area contributed by atoms with Crippen molar-refractivity contribution in [2.24, 2.45) is 0 Å². The first-order valence-electron chi connectivity index (χ1n) is 7.12. The molecule has 2 aromatic rings. The fourth-order valence-electron chi connectivity index (χ4n) is 2.03. The molecule has 0 saturated heterocycles. The van der Waals surface area contributed by atoms with Gasteiger partial charge in [0.2, 0.25) is 5.91 Å². The highest BCUT2D eigenvalue weighted by atomic mass is 79.9. The van der Waals surface area contributed by atoms with Crippen LogP contribution in [0.1, 0.15) is 15.9 Å². The topological polar surface area (TPSA) is 78.4 Å². The third kappa shape index (κ3) is 4.99. The number of carbonyl (C=O) groups excluding carboxylic acids is 2. The van der Waals surface area contributed by atoms with E-state index in [0.717, 1.165) is 4.47 Å². The molecule has 0 aliphatic heterocycles. The number of amides is 1. The summed E-state index contributed by atoms with van der Waals surface area (Å²) in [5, 5.41) is 14.2. The number of nitrogens with one attached hydrogen (secondary N) is 2. The summed E-state index contributed by atoms with van der Waals surface area (Å²) in [4.78, 5) is 24.5. The third-order valence-electron chi connectivity index (χ3n) is 3.11. The van der Waals surface area contributed by atoms with Gasteiger partial charge in [-0.25, -0.2) is 0 Å². The van der Waals surface area contributed by atoms with Gasteiger partial charge in [0, 0.05) is 22.1 Å². The van der Waals surface area contributed by atoms with Crippen LogP contribution in [0.2, 0.25) is 0 Å². The summed E-state index contributed by atoms with van der Waals surface area (Å²) in [5.41, 5.74) is 1.43. The van der Waals surface area contributed by atoms with Crippen molar-refractivity contribution in [3.05, 3.63) is 64.1 Å². The first-order valence-corrected chi connectivity index (χ1v) is 7.92. The Morgan fingerprint density at radius 2 is 1.83 bits per heavy atom. The largest absolute Gasteiger partial charge is 0.395 e. The normalized spacial score (nSPS) is 10.3. The van der Waals surface area contributed by atoms with E-state index in [9.17, 15) is 9.59 Å². The Hall–Kier alpha value is -2.02. The van der Waals surface area contributed by atoms with Gasteiger partial charge in [-0.05, 0) is 18.2 Å². The van der Waals surface area contributed by atoms with E-state index in [0.29, 0.717) is 23.4 Å². The third-order valence-corrected chi connectivity index (χ3v) is 3.60. The SMILES string of the molecule is O=C(CNCCO)Nc1ccc(Br)cc1C(=O)c1ccccc1. The van der Waals surface area contributed by atoms with E-state index in [4.69, 9.17) is 5.11 Å². The molecule has 3 N–H and O–H groups in total. The summed E-state index contributed by atoms with van der Waals surface area (Å²) in [7, 11) is 0. The van der Waals surface area contributed by atoms with Crippen molar-refractivity contribution < 1.29 is 14.7 Å². The van der Waals surface area contributed by atoms with Crippen LogP contribution in [-0.4, -0.2) is 36.5 Å². The van der Waals surface area contributed by atoms with E-state index < -0.39 is 0 Å². The quantitative estimate of drug-likeness (QED) is 0.511. The highest BCUT2D eigenvalue weighted by Gasteiger charge is 2.15. The lowest BCUT2D eigenvalue weighted by Crippen LogP contribution is -2.30. The molecular weight excluding hydrogens is 360 g/mol. The molecule has 0 aromatic heterocycles. The van der Waals surface area contributed by atoms with Crippen LogP contribution in [0.5, 0.6) is 0 Å². The molecule has 2 aromatic carbocycles. The zero-order valence-corrected chi connectivity index (χ0v) is 14.0. The summed E-state index contributed by atoms with van der Waals surface area (Å²) in [6.07, 6.45) is 0. The number of anilines is 1. The van der Waals surface area contributed by atoms with Crippen molar-refractivity contribution in [2.45, 2.75) is 0 Å². The Morgan fingerprint density at radius 3 is 2.52 bits per heavy atom. The lowest BCUT2D eigenvalue weighted by molar-refractivity contribution is -0.115. The van der Waals surface area contributed by atoms with Crippen LogP contribution >= 0.6 is 15.9 Å². The average Bonchev–Trinajstić information content (AvgIpc) is 2.57. The first kappa shape index (κ1) is 17.3. The number of aliphatic hydroxyl groups excluding tert-OH is 1. The van der Waals surface area contributed by atoms with Gasteiger partial charge < -0.3 is 15.7 Å². The molecular formula is C17H17BrN2O3. The van der Waals surface area contributed by atoms with E-state index in [2.05, 4.69) is 26.6 Å². The molecule has 2 rings (SSSR count). The molecule has 0 heterocycles. The highest BCUT2D eigenvalue weighted by molar-refractivity contribution is 9.10. The number of benzene rings is 2. The van der Waals surface area contributed by atoms with Gasteiger partial charge in [-0.3, -0.25) is 9.59 Å². The molecule has 0 saturated carbocycles. The predicted molar refractivity (Wildman–Crippen MR) is 92.6 cm³/mol. The molecule has 6 heteroatoms. The van der Waals surface area contributed by atoms with Gasteiger partial charge in [0.05, 0.1) is 18.8 Å². The van der Waals surface area contributed by atoms with E-state index in [1.165, 1.54) is 0 Å². The van der Waals surface area contributed by atoms with Crippen LogP contribution in [-0.2, 0) is 4.79 Å². The molecule has 0 spiro atoms. The number of ketones is 1. The van der Waals surface area contributed by atoms with E-state index in [-0.39, 0.29) is 24.8 Å². The molecule has 0 bridgehead atoms. The smallest absolute Gasteiger partial charge is 0.238 e. The fraction of sp³-hybridized carbons (Fsp3) is 0.176. The summed E-state index contributed by atoms with van der Waals surface area (Å²) in [5.74, 6) is -0.437. The molecule has 0 unspecified atom stereocenters. The summed E-state index contributed by atoms with van der Waals surface area (Å²) in [6.45, 7) is 0.364. The van der Waals surface area contributed by atoms with Crippen molar-refractivity contribution >= 4 is 33.3 Å².